The molecule has 0 aromatic carbocycles. The Balaban J connectivity index is 2.64. The van der Waals surface area contributed by atoms with Crippen LogP contribution in [0.4, 0.5) is 0 Å². The lowest BCUT2D eigenvalue weighted by atomic mass is 10.0. The van der Waals surface area contributed by atoms with Crippen molar-refractivity contribution >= 4 is 10.0 Å². The summed E-state index contributed by atoms with van der Waals surface area (Å²) < 4.78 is 26.0. The van der Waals surface area contributed by atoms with Gasteiger partial charge in [0.15, 0.2) is 5.25 Å². The van der Waals surface area contributed by atoms with Gasteiger partial charge in [-0.2, -0.15) is 5.26 Å². The van der Waals surface area contributed by atoms with Crippen molar-refractivity contribution in [3.63, 3.8) is 0 Å². The molecule has 84 valence electrons. The van der Waals surface area contributed by atoms with Crippen molar-refractivity contribution in [1.82, 2.24) is 4.72 Å². The lowest BCUT2D eigenvalue weighted by Crippen LogP contribution is -2.40. The standard InChI is InChI=1S/C10H16N2O2S/c1-2-10(8-11)15(13,14)12-9-6-4-3-5-7-9/h3-4,9-10,12H,2,5-7H2,1H3. The van der Waals surface area contributed by atoms with Gasteiger partial charge in [0.25, 0.3) is 0 Å². The molecule has 1 aliphatic rings. The van der Waals surface area contributed by atoms with Gasteiger partial charge in [0.05, 0.1) is 6.07 Å². The van der Waals surface area contributed by atoms with Crippen LogP contribution in [0, 0.1) is 11.3 Å². The Hall–Kier alpha value is -0.860. The average Bonchev–Trinajstić information content (AvgIpc) is 2.19. The molecular weight excluding hydrogens is 212 g/mol. The second-order valence-corrected chi connectivity index (χ2v) is 5.56. The Bertz CT molecular complexity index is 367. The summed E-state index contributed by atoms with van der Waals surface area (Å²) in [5, 5.41) is 7.78. The van der Waals surface area contributed by atoms with Gasteiger partial charge in [-0.25, -0.2) is 13.1 Å². The zero-order valence-electron chi connectivity index (χ0n) is 8.81. The smallest absolute Gasteiger partial charge is 0.211 e. The van der Waals surface area contributed by atoms with Crippen LogP contribution in [0.2, 0.25) is 0 Å². The largest absolute Gasteiger partial charge is 0.228 e. The lowest BCUT2D eigenvalue weighted by molar-refractivity contribution is 0.517. The number of hydrogen-bond donors (Lipinski definition) is 1. The Kier molecular flexibility index (Phi) is 4.30. The molecule has 0 aliphatic heterocycles. The number of allylic oxidation sites excluding steroid dienone is 1. The van der Waals surface area contributed by atoms with E-state index in [0.717, 1.165) is 19.3 Å². The van der Waals surface area contributed by atoms with Crippen LogP contribution in [0.3, 0.4) is 0 Å². The van der Waals surface area contributed by atoms with Crippen LogP contribution in [0.25, 0.3) is 0 Å². The molecule has 1 N–H and O–H groups in total. The first-order valence-corrected chi connectivity index (χ1v) is 6.70. The van der Waals surface area contributed by atoms with Crippen LogP contribution >= 0.6 is 0 Å². The Labute approximate surface area is 91.0 Å². The van der Waals surface area contributed by atoms with E-state index in [1.54, 1.807) is 6.92 Å². The van der Waals surface area contributed by atoms with Gasteiger partial charge >= 0.3 is 0 Å². The Morgan fingerprint density at radius 3 is 2.80 bits per heavy atom. The van der Waals surface area contributed by atoms with Crippen LogP contribution < -0.4 is 4.72 Å². The van der Waals surface area contributed by atoms with E-state index in [1.807, 2.05) is 18.2 Å². The molecule has 0 radical (unpaired) electrons. The SMILES string of the molecule is CCC(C#N)S(=O)(=O)NC1CC=CCC1. The maximum absolute atomic E-state index is 11.7. The molecule has 0 amide bonds. The minimum atomic E-state index is -3.47. The topological polar surface area (TPSA) is 70.0 Å². The average molecular weight is 228 g/mol. The quantitative estimate of drug-likeness (QED) is 0.738. The minimum Gasteiger partial charge on any atom is -0.211 e. The molecule has 0 aromatic heterocycles. The molecule has 5 heteroatoms. The summed E-state index contributed by atoms with van der Waals surface area (Å²) in [6.07, 6.45) is 6.79. The number of nitrogens with one attached hydrogen (secondary N) is 1. The van der Waals surface area contributed by atoms with Gasteiger partial charge in [-0.05, 0) is 25.7 Å². The highest BCUT2D eigenvalue weighted by molar-refractivity contribution is 7.90. The van der Waals surface area contributed by atoms with Crippen molar-refractivity contribution in [1.29, 1.82) is 5.26 Å². The Morgan fingerprint density at radius 1 is 1.60 bits per heavy atom. The molecule has 0 spiro atoms. The highest BCUT2D eigenvalue weighted by atomic mass is 32.2. The molecule has 0 fully saturated rings. The summed E-state index contributed by atoms with van der Waals surface area (Å²) in [5.41, 5.74) is 0. The number of rotatable bonds is 4. The monoisotopic (exact) mass is 228 g/mol. The molecule has 1 rings (SSSR count). The fraction of sp³-hybridized carbons (Fsp3) is 0.700. The van der Waals surface area contributed by atoms with Crippen molar-refractivity contribution in [3.8, 4) is 6.07 Å². The van der Waals surface area contributed by atoms with E-state index in [2.05, 4.69) is 4.72 Å². The van der Waals surface area contributed by atoms with E-state index in [9.17, 15) is 8.42 Å². The third-order valence-electron chi connectivity index (χ3n) is 2.49. The van der Waals surface area contributed by atoms with Gasteiger partial charge in [0.2, 0.25) is 10.0 Å². The molecule has 0 saturated carbocycles. The lowest BCUT2D eigenvalue weighted by Gasteiger charge is -2.20. The fourth-order valence-electron chi connectivity index (χ4n) is 1.60. The number of nitrogens with zero attached hydrogens (tertiary/aromatic N) is 1. The molecular formula is C10H16N2O2S. The summed E-state index contributed by atoms with van der Waals surface area (Å²) in [6, 6.07) is 1.77. The first kappa shape index (κ1) is 12.2. The van der Waals surface area contributed by atoms with E-state index in [1.165, 1.54) is 0 Å². The predicted octanol–water partition coefficient (Wildman–Crippen LogP) is 1.32. The first-order valence-electron chi connectivity index (χ1n) is 5.16. The van der Waals surface area contributed by atoms with Crippen molar-refractivity contribution in [3.05, 3.63) is 12.2 Å². The maximum Gasteiger partial charge on any atom is 0.228 e. The molecule has 2 unspecified atom stereocenters. The third-order valence-corrected chi connectivity index (χ3v) is 4.34. The van der Waals surface area contributed by atoms with E-state index in [0.29, 0.717) is 6.42 Å². The van der Waals surface area contributed by atoms with Crippen LogP contribution in [0.15, 0.2) is 12.2 Å². The van der Waals surface area contributed by atoms with Crippen molar-refractivity contribution in [2.75, 3.05) is 0 Å². The van der Waals surface area contributed by atoms with Gasteiger partial charge in [0.1, 0.15) is 0 Å². The zero-order chi connectivity index (χ0) is 11.3. The molecule has 0 heterocycles. The highest BCUT2D eigenvalue weighted by Crippen LogP contribution is 2.13. The second-order valence-electron chi connectivity index (χ2n) is 3.67. The highest BCUT2D eigenvalue weighted by Gasteiger charge is 2.26. The van der Waals surface area contributed by atoms with E-state index in [4.69, 9.17) is 5.26 Å². The molecule has 1 aliphatic carbocycles. The fourth-order valence-corrected chi connectivity index (χ4v) is 3.02. The zero-order valence-corrected chi connectivity index (χ0v) is 9.63. The minimum absolute atomic E-state index is 0.0394. The van der Waals surface area contributed by atoms with Crippen LogP contribution in [-0.2, 0) is 10.0 Å². The van der Waals surface area contributed by atoms with Gasteiger partial charge in [-0.3, -0.25) is 0 Å². The molecule has 0 saturated heterocycles. The molecule has 2 atom stereocenters. The summed E-state index contributed by atoms with van der Waals surface area (Å²) in [6.45, 7) is 1.70. The third kappa shape index (κ3) is 3.33. The second kappa shape index (κ2) is 5.29. The number of sulfonamides is 1. The molecule has 15 heavy (non-hydrogen) atoms. The summed E-state index contributed by atoms with van der Waals surface area (Å²) in [5.74, 6) is 0. The summed E-state index contributed by atoms with van der Waals surface area (Å²) in [4.78, 5) is 0. The van der Waals surface area contributed by atoms with E-state index < -0.39 is 15.3 Å². The Morgan fingerprint density at radius 2 is 2.33 bits per heavy atom. The van der Waals surface area contributed by atoms with Gasteiger partial charge in [0, 0.05) is 6.04 Å². The van der Waals surface area contributed by atoms with Crippen LogP contribution in [-0.4, -0.2) is 19.7 Å². The number of hydrogen-bond acceptors (Lipinski definition) is 3. The normalized spacial score (nSPS) is 23.3. The van der Waals surface area contributed by atoms with Crippen LogP contribution in [0.1, 0.15) is 32.6 Å². The van der Waals surface area contributed by atoms with Gasteiger partial charge in [-0.15, -0.1) is 0 Å². The van der Waals surface area contributed by atoms with Gasteiger partial charge < -0.3 is 0 Å². The van der Waals surface area contributed by atoms with Crippen molar-refractivity contribution < 1.29 is 8.42 Å². The molecule has 0 aromatic rings. The first-order chi connectivity index (χ1) is 7.10. The van der Waals surface area contributed by atoms with E-state index >= 15 is 0 Å². The van der Waals surface area contributed by atoms with Crippen molar-refractivity contribution in [2.45, 2.75) is 43.9 Å². The van der Waals surface area contributed by atoms with Gasteiger partial charge in [-0.1, -0.05) is 19.1 Å². The molecule has 4 nitrogen and oxygen atoms in total. The summed E-state index contributed by atoms with van der Waals surface area (Å²) >= 11 is 0. The summed E-state index contributed by atoms with van der Waals surface area (Å²) in [7, 11) is -3.47. The number of nitriles is 1. The van der Waals surface area contributed by atoms with E-state index in [-0.39, 0.29) is 6.04 Å². The van der Waals surface area contributed by atoms with Crippen LogP contribution in [0.5, 0.6) is 0 Å². The van der Waals surface area contributed by atoms with Crippen molar-refractivity contribution in [2.24, 2.45) is 0 Å². The predicted molar refractivity (Wildman–Crippen MR) is 58.5 cm³/mol. The molecule has 0 bridgehead atoms. The maximum atomic E-state index is 11.7.